The lowest BCUT2D eigenvalue weighted by Crippen LogP contribution is -2.56. The number of hydrogen-bond acceptors (Lipinski definition) is 4. The monoisotopic (exact) mass is 229 g/mol. The van der Waals surface area contributed by atoms with E-state index in [0.29, 0.717) is 26.2 Å². The number of ether oxygens (including phenoxy) is 1. The van der Waals surface area contributed by atoms with Crippen molar-refractivity contribution < 1.29 is 14.3 Å². The molecule has 92 valence electrons. The third-order valence-electron chi connectivity index (χ3n) is 2.46. The summed E-state index contributed by atoms with van der Waals surface area (Å²) in [5.41, 5.74) is 5.34. The highest BCUT2D eigenvalue weighted by Gasteiger charge is 2.31. The fraction of sp³-hybridized carbons (Fsp3) is 0.800. The van der Waals surface area contributed by atoms with E-state index >= 15 is 0 Å². The molecule has 0 aromatic heterocycles. The van der Waals surface area contributed by atoms with Gasteiger partial charge in [-0.3, -0.25) is 9.59 Å². The largest absolute Gasteiger partial charge is 0.377 e. The van der Waals surface area contributed by atoms with E-state index in [1.807, 2.05) is 6.92 Å². The molecule has 1 saturated heterocycles. The number of hydrogen-bond donors (Lipinski definition) is 2. The Morgan fingerprint density at radius 2 is 2.31 bits per heavy atom. The molecule has 1 aliphatic heterocycles. The van der Waals surface area contributed by atoms with E-state index < -0.39 is 6.04 Å². The Balaban J connectivity index is 2.63. The molecule has 6 heteroatoms. The van der Waals surface area contributed by atoms with Gasteiger partial charge in [-0.05, 0) is 6.92 Å². The number of carbonyl (C=O) groups excluding carboxylic acids is 2. The van der Waals surface area contributed by atoms with Gasteiger partial charge in [-0.1, -0.05) is 0 Å². The Morgan fingerprint density at radius 3 is 2.94 bits per heavy atom. The highest BCUT2D eigenvalue weighted by atomic mass is 16.5. The molecular formula is C10H19N3O3. The molecule has 3 N–H and O–H groups in total. The predicted octanol–water partition coefficient (Wildman–Crippen LogP) is -1.30. The average Bonchev–Trinajstić information content (AvgIpc) is 2.30. The number of rotatable bonds is 4. The van der Waals surface area contributed by atoms with Crippen molar-refractivity contribution in [3.05, 3.63) is 0 Å². The van der Waals surface area contributed by atoms with Crippen LogP contribution in [0.1, 0.15) is 13.3 Å². The number of carbonyl (C=O) groups is 2. The van der Waals surface area contributed by atoms with Crippen molar-refractivity contribution in [1.82, 2.24) is 10.2 Å². The molecule has 1 heterocycles. The normalized spacial score (nSPS) is 20.6. The minimum atomic E-state index is -0.507. The van der Waals surface area contributed by atoms with Crippen molar-refractivity contribution in [3.8, 4) is 0 Å². The number of likely N-dealkylation sites (N-methyl/N-ethyl adjacent to an activating group) is 1. The number of morpholine rings is 1. The van der Waals surface area contributed by atoms with Gasteiger partial charge in [0.25, 0.3) is 0 Å². The van der Waals surface area contributed by atoms with Gasteiger partial charge in [-0.15, -0.1) is 0 Å². The van der Waals surface area contributed by atoms with Crippen LogP contribution in [0.2, 0.25) is 0 Å². The minimum absolute atomic E-state index is 0.0814. The highest BCUT2D eigenvalue weighted by Crippen LogP contribution is 2.08. The molecule has 2 amide bonds. The predicted molar refractivity (Wildman–Crippen MR) is 58.7 cm³/mol. The van der Waals surface area contributed by atoms with Crippen LogP contribution in [0, 0.1) is 0 Å². The van der Waals surface area contributed by atoms with E-state index in [1.165, 1.54) is 0 Å². The van der Waals surface area contributed by atoms with Crippen LogP contribution >= 0.6 is 0 Å². The number of nitrogens with zero attached hydrogens (tertiary/aromatic N) is 1. The van der Waals surface area contributed by atoms with Crippen LogP contribution in [0.4, 0.5) is 0 Å². The van der Waals surface area contributed by atoms with Crippen LogP contribution in [0.25, 0.3) is 0 Å². The van der Waals surface area contributed by atoms with Crippen molar-refractivity contribution >= 4 is 11.8 Å². The molecule has 0 aromatic rings. The van der Waals surface area contributed by atoms with Gasteiger partial charge in [0.15, 0.2) is 0 Å². The minimum Gasteiger partial charge on any atom is -0.377 e. The zero-order valence-electron chi connectivity index (χ0n) is 9.57. The average molecular weight is 229 g/mol. The summed E-state index contributed by atoms with van der Waals surface area (Å²) in [7, 11) is 0. The van der Waals surface area contributed by atoms with E-state index in [4.69, 9.17) is 10.5 Å². The maximum atomic E-state index is 11.7. The maximum Gasteiger partial charge on any atom is 0.245 e. The molecule has 16 heavy (non-hydrogen) atoms. The lowest BCUT2D eigenvalue weighted by Gasteiger charge is -2.34. The van der Waals surface area contributed by atoms with Crippen molar-refractivity contribution in [3.63, 3.8) is 0 Å². The topological polar surface area (TPSA) is 84.7 Å². The second kappa shape index (κ2) is 6.44. The van der Waals surface area contributed by atoms with Crippen LogP contribution in [0.15, 0.2) is 0 Å². The number of nitrogens with two attached hydrogens (primary N) is 1. The third-order valence-corrected chi connectivity index (χ3v) is 2.46. The van der Waals surface area contributed by atoms with Crippen LogP contribution < -0.4 is 11.1 Å². The summed E-state index contributed by atoms with van der Waals surface area (Å²) in [6, 6.07) is -0.507. The Labute approximate surface area is 95.1 Å². The summed E-state index contributed by atoms with van der Waals surface area (Å²) >= 11 is 0. The highest BCUT2D eigenvalue weighted by molar-refractivity contribution is 5.88. The maximum absolute atomic E-state index is 11.7. The molecule has 0 saturated carbocycles. The summed E-state index contributed by atoms with van der Waals surface area (Å²) in [4.78, 5) is 25.0. The van der Waals surface area contributed by atoms with Crippen molar-refractivity contribution in [1.29, 1.82) is 0 Å². The molecule has 0 radical (unpaired) electrons. The molecule has 0 bridgehead atoms. The lowest BCUT2D eigenvalue weighted by molar-refractivity contribution is -0.148. The van der Waals surface area contributed by atoms with Crippen LogP contribution in [0.5, 0.6) is 0 Å². The van der Waals surface area contributed by atoms with Crippen molar-refractivity contribution in [2.45, 2.75) is 19.4 Å². The van der Waals surface area contributed by atoms with E-state index in [-0.39, 0.29) is 24.8 Å². The molecule has 1 rings (SSSR count). The molecule has 1 unspecified atom stereocenters. The SMILES string of the molecule is CCNC(=O)C1COCCN1C(=O)CCN. The van der Waals surface area contributed by atoms with Gasteiger partial charge >= 0.3 is 0 Å². The molecule has 0 aromatic carbocycles. The van der Waals surface area contributed by atoms with Crippen LogP contribution in [-0.2, 0) is 14.3 Å². The zero-order chi connectivity index (χ0) is 12.0. The number of amides is 2. The van der Waals surface area contributed by atoms with Gasteiger partial charge in [0.2, 0.25) is 11.8 Å². The first-order valence-corrected chi connectivity index (χ1v) is 5.55. The number of nitrogens with one attached hydrogen (secondary N) is 1. The first-order valence-electron chi connectivity index (χ1n) is 5.55. The Morgan fingerprint density at radius 1 is 1.56 bits per heavy atom. The molecule has 6 nitrogen and oxygen atoms in total. The van der Waals surface area contributed by atoms with E-state index in [0.717, 1.165) is 0 Å². The van der Waals surface area contributed by atoms with E-state index in [9.17, 15) is 9.59 Å². The first kappa shape index (κ1) is 12.9. The molecule has 1 fully saturated rings. The van der Waals surface area contributed by atoms with Gasteiger partial charge in [0, 0.05) is 26.1 Å². The Hall–Kier alpha value is -1.14. The molecular weight excluding hydrogens is 210 g/mol. The quantitative estimate of drug-likeness (QED) is 0.627. The summed E-state index contributed by atoms with van der Waals surface area (Å²) in [5, 5.41) is 2.70. The van der Waals surface area contributed by atoms with E-state index in [1.54, 1.807) is 4.90 Å². The summed E-state index contributed by atoms with van der Waals surface area (Å²) < 4.78 is 5.22. The van der Waals surface area contributed by atoms with Crippen LogP contribution in [-0.4, -0.2) is 55.6 Å². The zero-order valence-corrected chi connectivity index (χ0v) is 9.57. The summed E-state index contributed by atoms with van der Waals surface area (Å²) in [6.45, 7) is 3.90. The van der Waals surface area contributed by atoms with Crippen molar-refractivity contribution in [2.75, 3.05) is 32.8 Å². The smallest absolute Gasteiger partial charge is 0.245 e. The lowest BCUT2D eigenvalue weighted by atomic mass is 10.2. The van der Waals surface area contributed by atoms with Gasteiger partial charge in [0.05, 0.1) is 13.2 Å². The second-order valence-corrected chi connectivity index (χ2v) is 3.61. The summed E-state index contributed by atoms with van der Waals surface area (Å²) in [5.74, 6) is -0.241. The third kappa shape index (κ3) is 3.18. The van der Waals surface area contributed by atoms with Gasteiger partial charge < -0.3 is 20.7 Å². The molecule has 0 aliphatic carbocycles. The molecule has 1 atom stereocenters. The molecule has 0 spiro atoms. The van der Waals surface area contributed by atoms with Gasteiger partial charge in [0.1, 0.15) is 6.04 Å². The fourth-order valence-corrected chi connectivity index (χ4v) is 1.68. The Bertz CT molecular complexity index is 232. The van der Waals surface area contributed by atoms with Crippen molar-refractivity contribution in [2.24, 2.45) is 5.73 Å². The summed E-state index contributed by atoms with van der Waals surface area (Å²) in [6.07, 6.45) is 0.274. The van der Waals surface area contributed by atoms with E-state index in [2.05, 4.69) is 5.32 Å². The molecule has 1 aliphatic rings. The van der Waals surface area contributed by atoms with Crippen LogP contribution in [0.3, 0.4) is 0 Å². The Kier molecular flexibility index (Phi) is 5.21. The first-order chi connectivity index (χ1) is 7.70. The standard InChI is InChI=1S/C10H19N3O3/c1-2-12-10(15)8-7-16-6-5-13(8)9(14)3-4-11/h8H,2-7,11H2,1H3,(H,12,15). The fourth-order valence-electron chi connectivity index (χ4n) is 1.68. The van der Waals surface area contributed by atoms with Gasteiger partial charge in [-0.25, -0.2) is 0 Å². The van der Waals surface area contributed by atoms with Gasteiger partial charge in [-0.2, -0.15) is 0 Å². The second-order valence-electron chi connectivity index (χ2n) is 3.61.